The molecule has 0 saturated heterocycles. The lowest BCUT2D eigenvalue weighted by atomic mass is 10.1. The first-order valence-corrected chi connectivity index (χ1v) is 7.29. The molecule has 2 aromatic carbocycles. The average molecular weight is 328 g/mol. The van der Waals surface area contributed by atoms with Crippen LogP contribution in [0.3, 0.4) is 0 Å². The molecule has 0 spiro atoms. The lowest BCUT2D eigenvalue weighted by Gasteiger charge is -2.13. The number of benzene rings is 2. The van der Waals surface area contributed by atoms with Gasteiger partial charge in [0.25, 0.3) is 5.91 Å². The lowest BCUT2D eigenvalue weighted by molar-refractivity contribution is 0.102. The van der Waals surface area contributed by atoms with Crippen LogP contribution in [0, 0.1) is 6.92 Å². The van der Waals surface area contributed by atoms with E-state index < -0.39 is 0 Å². The van der Waals surface area contributed by atoms with Crippen molar-refractivity contribution < 1.29 is 19.1 Å². The van der Waals surface area contributed by atoms with Crippen molar-refractivity contribution in [3.05, 3.63) is 53.1 Å². The van der Waals surface area contributed by atoms with E-state index in [1.165, 1.54) is 7.11 Å². The number of methoxy groups -OCH3 is 2. The first-order chi connectivity index (χ1) is 11.6. The standard InChI is InChI=1S/C18H20N2O4/c1-12-9-16(22-2)17(23-3)10-15(12)20-18(21)14-7-5-13(6-8-14)11-19-24-4/h5-11H,1-4H3,(H,20,21)/b19-11+. The van der Waals surface area contributed by atoms with E-state index >= 15 is 0 Å². The summed E-state index contributed by atoms with van der Waals surface area (Å²) >= 11 is 0. The number of nitrogens with one attached hydrogen (secondary N) is 1. The molecule has 2 aromatic rings. The molecule has 0 aliphatic carbocycles. The van der Waals surface area contributed by atoms with Gasteiger partial charge in [0.1, 0.15) is 7.11 Å². The topological polar surface area (TPSA) is 69.2 Å². The summed E-state index contributed by atoms with van der Waals surface area (Å²) in [6.45, 7) is 1.89. The molecule has 126 valence electrons. The van der Waals surface area contributed by atoms with Gasteiger partial charge in [-0.15, -0.1) is 0 Å². The van der Waals surface area contributed by atoms with Crippen molar-refractivity contribution in [3.8, 4) is 11.5 Å². The predicted octanol–water partition coefficient (Wildman–Crippen LogP) is 3.24. The van der Waals surface area contributed by atoms with Gasteiger partial charge in [0.2, 0.25) is 0 Å². The van der Waals surface area contributed by atoms with Crippen LogP contribution in [0.5, 0.6) is 11.5 Å². The Balaban J connectivity index is 2.18. The van der Waals surface area contributed by atoms with E-state index in [9.17, 15) is 4.79 Å². The first-order valence-electron chi connectivity index (χ1n) is 7.29. The van der Waals surface area contributed by atoms with Crippen LogP contribution >= 0.6 is 0 Å². The largest absolute Gasteiger partial charge is 0.493 e. The molecule has 6 heteroatoms. The lowest BCUT2D eigenvalue weighted by Crippen LogP contribution is -2.13. The SMILES string of the molecule is CO/N=C/c1ccc(C(=O)Nc2cc(OC)c(OC)cc2C)cc1. The van der Waals surface area contributed by atoms with Crippen LogP contribution < -0.4 is 14.8 Å². The van der Waals surface area contributed by atoms with Gasteiger partial charge in [-0.1, -0.05) is 17.3 Å². The monoisotopic (exact) mass is 328 g/mol. The number of ether oxygens (including phenoxy) is 2. The summed E-state index contributed by atoms with van der Waals surface area (Å²) < 4.78 is 10.5. The summed E-state index contributed by atoms with van der Waals surface area (Å²) in [5.74, 6) is 0.972. The van der Waals surface area contributed by atoms with Gasteiger partial charge in [-0.3, -0.25) is 4.79 Å². The van der Waals surface area contributed by atoms with Crippen LogP contribution in [0.15, 0.2) is 41.6 Å². The molecular weight excluding hydrogens is 308 g/mol. The molecule has 0 unspecified atom stereocenters. The smallest absolute Gasteiger partial charge is 0.255 e. The van der Waals surface area contributed by atoms with Crippen LogP contribution in [0.4, 0.5) is 5.69 Å². The van der Waals surface area contributed by atoms with Gasteiger partial charge >= 0.3 is 0 Å². The van der Waals surface area contributed by atoms with Crippen LogP contribution in [0.2, 0.25) is 0 Å². The van der Waals surface area contributed by atoms with E-state index in [1.807, 2.05) is 13.0 Å². The minimum Gasteiger partial charge on any atom is -0.493 e. The van der Waals surface area contributed by atoms with Crippen molar-refractivity contribution >= 4 is 17.8 Å². The third-order valence-electron chi connectivity index (χ3n) is 3.46. The van der Waals surface area contributed by atoms with Gasteiger partial charge in [0, 0.05) is 17.3 Å². The Hall–Kier alpha value is -3.02. The molecule has 2 rings (SSSR count). The summed E-state index contributed by atoms with van der Waals surface area (Å²) in [5, 5.41) is 6.56. The third kappa shape index (κ3) is 4.04. The number of rotatable bonds is 6. The highest BCUT2D eigenvalue weighted by Gasteiger charge is 2.12. The zero-order valence-electron chi connectivity index (χ0n) is 14.1. The maximum atomic E-state index is 12.4. The molecule has 0 radical (unpaired) electrons. The highest BCUT2D eigenvalue weighted by molar-refractivity contribution is 6.05. The molecular formula is C18H20N2O4. The van der Waals surface area contributed by atoms with Crippen LogP contribution in [0.25, 0.3) is 0 Å². The molecule has 0 bridgehead atoms. The minimum atomic E-state index is -0.208. The molecule has 6 nitrogen and oxygen atoms in total. The minimum absolute atomic E-state index is 0.208. The molecule has 1 amide bonds. The summed E-state index contributed by atoms with van der Waals surface area (Å²) in [5.41, 5.74) is 2.93. The Morgan fingerprint density at radius 2 is 1.67 bits per heavy atom. The van der Waals surface area contributed by atoms with E-state index in [-0.39, 0.29) is 5.91 Å². The van der Waals surface area contributed by atoms with Gasteiger partial charge in [0.05, 0.1) is 20.4 Å². The number of hydrogen-bond acceptors (Lipinski definition) is 5. The molecule has 0 atom stereocenters. The third-order valence-corrected chi connectivity index (χ3v) is 3.46. The number of oxime groups is 1. The van der Waals surface area contributed by atoms with E-state index in [4.69, 9.17) is 9.47 Å². The van der Waals surface area contributed by atoms with Crippen molar-refractivity contribution in [2.75, 3.05) is 26.6 Å². The second-order valence-corrected chi connectivity index (χ2v) is 5.02. The summed E-state index contributed by atoms with van der Waals surface area (Å²) in [6, 6.07) is 10.6. The molecule has 0 aromatic heterocycles. The number of hydrogen-bond donors (Lipinski definition) is 1. The van der Waals surface area contributed by atoms with Crippen molar-refractivity contribution in [2.24, 2.45) is 5.16 Å². The van der Waals surface area contributed by atoms with E-state index in [2.05, 4.69) is 15.3 Å². The Bertz CT molecular complexity index is 739. The van der Waals surface area contributed by atoms with Gasteiger partial charge in [-0.2, -0.15) is 0 Å². The van der Waals surface area contributed by atoms with E-state index in [1.54, 1.807) is 50.8 Å². The fourth-order valence-electron chi connectivity index (χ4n) is 2.14. The van der Waals surface area contributed by atoms with E-state index in [0.717, 1.165) is 11.1 Å². The van der Waals surface area contributed by atoms with Gasteiger partial charge in [-0.25, -0.2) is 0 Å². The Morgan fingerprint density at radius 1 is 1.04 bits per heavy atom. The molecule has 0 fully saturated rings. The molecule has 0 saturated carbocycles. The average Bonchev–Trinajstić information content (AvgIpc) is 2.61. The number of carbonyl (C=O) groups excluding carboxylic acids is 1. The van der Waals surface area contributed by atoms with Crippen molar-refractivity contribution in [1.82, 2.24) is 0 Å². The first kappa shape index (κ1) is 17.3. The number of nitrogens with zero attached hydrogens (tertiary/aromatic N) is 1. The van der Waals surface area contributed by atoms with Crippen molar-refractivity contribution in [2.45, 2.75) is 6.92 Å². The maximum Gasteiger partial charge on any atom is 0.255 e. The Kier molecular flexibility index (Phi) is 5.78. The summed E-state index contributed by atoms with van der Waals surface area (Å²) in [7, 11) is 4.60. The summed E-state index contributed by atoms with van der Waals surface area (Å²) in [4.78, 5) is 17.0. The van der Waals surface area contributed by atoms with Crippen LogP contribution in [0.1, 0.15) is 21.5 Å². The fraction of sp³-hybridized carbons (Fsp3) is 0.222. The fourth-order valence-corrected chi connectivity index (χ4v) is 2.14. The highest BCUT2D eigenvalue weighted by Crippen LogP contribution is 2.33. The number of aryl methyl sites for hydroxylation is 1. The number of carbonyl (C=O) groups is 1. The normalized spacial score (nSPS) is 10.5. The van der Waals surface area contributed by atoms with Crippen LogP contribution in [-0.2, 0) is 4.84 Å². The number of amides is 1. The van der Waals surface area contributed by atoms with Gasteiger partial charge in [-0.05, 0) is 36.2 Å². The Morgan fingerprint density at radius 3 is 2.25 bits per heavy atom. The van der Waals surface area contributed by atoms with Crippen molar-refractivity contribution in [1.29, 1.82) is 0 Å². The molecule has 0 aliphatic rings. The highest BCUT2D eigenvalue weighted by atomic mass is 16.6. The molecule has 0 heterocycles. The second kappa shape index (κ2) is 8.01. The molecule has 24 heavy (non-hydrogen) atoms. The molecule has 0 aliphatic heterocycles. The van der Waals surface area contributed by atoms with Gasteiger partial charge in [0.15, 0.2) is 11.5 Å². The summed E-state index contributed by atoms with van der Waals surface area (Å²) in [6.07, 6.45) is 1.57. The number of anilines is 1. The van der Waals surface area contributed by atoms with E-state index in [0.29, 0.717) is 22.7 Å². The Labute approximate surface area is 141 Å². The second-order valence-electron chi connectivity index (χ2n) is 5.02. The molecule has 1 N–H and O–H groups in total. The van der Waals surface area contributed by atoms with Crippen molar-refractivity contribution in [3.63, 3.8) is 0 Å². The quantitative estimate of drug-likeness (QED) is 0.653. The zero-order valence-corrected chi connectivity index (χ0v) is 14.1. The van der Waals surface area contributed by atoms with Gasteiger partial charge < -0.3 is 19.6 Å². The van der Waals surface area contributed by atoms with Crippen LogP contribution in [-0.4, -0.2) is 33.5 Å². The zero-order chi connectivity index (χ0) is 17.5. The maximum absolute atomic E-state index is 12.4. The predicted molar refractivity (Wildman–Crippen MR) is 93.3 cm³/mol.